The van der Waals surface area contributed by atoms with Crippen molar-refractivity contribution in [1.29, 1.82) is 0 Å². The molecule has 0 heterocycles. The normalized spacial score (nSPS) is 25.2. The average Bonchev–Trinajstić information content (AvgIpc) is 2.93. The lowest BCUT2D eigenvalue weighted by Crippen LogP contribution is -2.63. The molecular weight excluding hydrogens is 557 g/mol. The Morgan fingerprint density at radius 3 is 2.40 bits per heavy atom. The van der Waals surface area contributed by atoms with Crippen molar-refractivity contribution in [1.82, 2.24) is 9.80 Å². The van der Waals surface area contributed by atoms with Gasteiger partial charge in [0.15, 0.2) is 11.4 Å². The molecule has 4 atom stereocenters. The summed E-state index contributed by atoms with van der Waals surface area (Å²) in [6, 6.07) is 9.80. The van der Waals surface area contributed by atoms with E-state index in [0.29, 0.717) is 13.1 Å². The number of phenols is 1. The van der Waals surface area contributed by atoms with Crippen LogP contribution in [0.15, 0.2) is 59.1 Å². The Morgan fingerprint density at radius 2 is 1.79 bits per heavy atom. The first-order chi connectivity index (χ1) is 20.3. The first-order valence-corrected chi connectivity index (χ1v) is 14.3. The van der Waals surface area contributed by atoms with Gasteiger partial charge >= 0.3 is 0 Å². The van der Waals surface area contributed by atoms with Crippen LogP contribution in [0.3, 0.4) is 0 Å². The molecule has 0 fully saturated rings. The number of rotatable bonds is 8. The quantitative estimate of drug-likeness (QED) is 0.290. The van der Waals surface area contributed by atoms with Gasteiger partial charge < -0.3 is 26.2 Å². The number of hydrogen-bond acceptors (Lipinski definition) is 9. The fraction of sp³-hybridized carbons (Fsp3) is 0.406. The third-order valence-electron chi connectivity index (χ3n) is 8.91. The number of fused-ring (bicyclic) bond motifs is 3. The third kappa shape index (κ3) is 4.81. The molecule has 1 amide bonds. The molecule has 10 nitrogen and oxygen atoms in total. The van der Waals surface area contributed by atoms with E-state index in [9.17, 15) is 34.8 Å². The van der Waals surface area contributed by atoms with E-state index < -0.39 is 69.6 Å². The number of primary amides is 1. The number of amides is 1. The van der Waals surface area contributed by atoms with E-state index in [1.165, 1.54) is 11.0 Å². The zero-order valence-electron chi connectivity index (χ0n) is 24.3. The lowest BCUT2D eigenvalue weighted by molar-refractivity contribution is -0.148. The monoisotopic (exact) mass is 593 g/mol. The predicted molar refractivity (Wildman–Crippen MR) is 154 cm³/mol. The van der Waals surface area contributed by atoms with Crippen LogP contribution in [0.4, 0.5) is 4.39 Å². The zero-order valence-corrected chi connectivity index (χ0v) is 24.3. The topological polar surface area (TPSA) is 165 Å². The molecule has 3 aliphatic carbocycles. The van der Waals surface area contributed by atoms with Crippen LogP contribution in [-0.2, 0) is 29.1 Å². The van der Waals surface area contributed by atoms with Crippen LogP contribution in [0, 0.1) is 17.7 Å². The summed E-state index contributed by atoms with van der Waals surface area (Å²) in [6.07, 6.45) is 0.606. The lowest BCUT2D eigenvalue weighted by Gasteiger charge is -2.50. The molecule has 11 heteroatoms. The Balaban J connectivity index is 1.57. The van der Waals surface area contributed by atoms with Gasteiger partial charge in [-0.3, -0.25) is 24.2 Å². The number of carbonyl (C=O) groups is 3. The fourth-order valence-electron chi connectivity index (χ4n) is 7.08. The fourth-order valence-corrected chi connectivity index (χ4v) is 7.08. The first-order valence-electron chi connectivity index (χ1n) is 14.3. The number of aliphatic hydroxyl groups is 3. The van der Waals surface area contributed by atoms with Crippen LogP contribution in [0.1, 0.15) is 46.8 Å². The van der Waals surface area contributed by atoms with Crippen molar-refractivity contribution in [2.24, 2.45) is 17.6 Å². The third-order valence-corrected chi connectivity index (χ3v) is 8.91. The van der Waals surface area contributed by atoms with Gasteiger partial charge in [-0.05, 0) is 57.5 Å². The zero-order chi connectivity index (χ0) is 31.4. The summed E-state index contributed by atoms with van der Waals surface area (Å²) in [5.41, 5.74) is 2.33. The van der Waals surface area contributed by atoms with Crippen molar-refractivity contribution in [2.75, 3.05) is 20.6 Å². The molecule has 0 aromatic heterocycles. The molecule has 0 radical (unpaired) electrons. The van der Waals surface area contributed by atoms with Crippen molar-refractivity contribution in [3.63, 3.8) is 0 Å². The van der Waals surface area contributed by atoms with E-state index in [1.807, 2.05) is 42.2 Å². The molecular formula is C32H36FN3O7. The maximum atomic E-state index is 16.2. The van der Waals surface area contributed by atoms with E-state index >= 15 is 4.39 Å². The SMILES string of the molecule is CCCN(Cc1ccccc1)Cc1cc(O)c2c(c1F)C[C@H]1C[C@H]3[C@H](N(C)C)C(O)=C(C(N)=O)C(=O)[C@@]3(O)C(O)=C1C2=O. The van der Waals surface area contributed by atoms with Crippen LogP contribution in [-0.4, -0.2) is 80.0 Å². The average molecular weight is 594 g/mol. The Labute approximate surface area is 248 Å². The predicted octanol–water partition coefficient (Wildman–Crippen LogP) is 2.67. The van der Waals surface area contributed by atoms with Gasteiger partial charge in [0.1, 0.15) is 28.7 Å². The highest BCUT2D eigenvalue weighted by Crippen LogP contribution is 2.52. The molecule has 0 aliphatic heterocycles. The molecule has 228 valence electrons. The first kappa shape index (κ1) is 30.4. The number of aromatic hydroxyl groups is 1. The molecule has 2 aromatic carbocycles. The minimum atomic E-state index is -2.74. The van der Waals surface area contributed by atoms with Crippen molar-refractivity contribution in [3.05, 3.63) is 87.1 Å². The summed E-state index contributed by atoms with van der Waals surface area (Å²) in [7, 11) is 3.10. The number of nitrogens with two attached hydrogens (primary N) is 1. The van der Waals surface area contributed by atoms with Crippen molar-refractivity contribution >= 4 is 17.5 Å². The van der Waals surface area contributed by atoms with Crippen molar-refractivity contribution < 1.29 is 39.2 Å². The van der Waals surface area contributed by atoms with Gasteiger partial charge in [0.25, 0.3) is 5.91 Å². The summed E-state index contributed by atoms with van der Waals surface area (Å²) >= 11 is 0. The molecule has 43 heavy (non-hydrogen) atoms. The number of likely N-dealkylation sites (N-methyl/N-ethyl adjacent to an activating group) is 1. The number of benzene rings is 2. The molecule has 0 saturated heterocycles. The van der Waals surface area contributed by atoms with E-state index in [4.69, 9.17) is 5.73 Å². The second kappa shape index (κ2) is 11.2. The number of aliphatic hydroxyl groups excluding tert-OH is 2. The van der Waals surface area contributed by atoms with Gasteiger partial charge in [-0.15, -0.1) is 0 Å². The minimum absolute atomic E-state index is 0.00993. The summed E-state index contributed by atoms with van der Waals surface area (Å²) in [4.78, 5) is 42.8. The van der Waals surface area contributed by atoms with Gasteiger partial charge in [0, 0.05) is 35.7 Å². The highest BCUT2D eigenvalue weighted by atomic mass is 19.1. The maximum absolute atomic E-state index is 16.2. The molecule has 5 rings (SSSR count). The molecule has 0 saturated carbocycles. The summed E-state index contributed by atoms with van der Waals surface area (Å²) < 4.78 is 16.2. The van der Waals surface area contributed by atoms with E-state index in [1.54, 1.807) is 14.1 Å². The molecule has 0 bridgehead atoms. The maximum Gasteiger partial charge on any atom is 0.255 e. The highest BCUT2D eigenvalue weighted by Gasteiger charge is 2.63. The number of halogens is 1. The van der Waals surface area contributed by atoms with Crippen LogP contribution >= 0.6 is 0 Å². The Hall–Kier alpha value is -4.06. The number of carbonyl (C=O) groups excluding carboxylic acids is 3. The van der Waals surface area contributed by atoms with Gasteiger partial charge in [-0.2, -0.15) is 0 Å². The van der Waals surface area contributed by atoms with Gasteiger partial charge in [0.2, 0.25) is 5.78 Å². The lowest BCUT2D eigenvalue weighted by atomic mass is 9.58. The number of nitrogens with zero attached hydrogens (tertiary/aromatic N) is 2. The second-order valence-electron chi connectivity index (χ2n) is 11.9. The number of hydrogen-bond donors (Lipinski definition) is 5. The number of phenolic OH excluding ortho intramolecular Hbond substituents is 1. The summed E-state index contributed by atoms with van der Waals surface area (Å²) in [5.74, 6) is -8.29. The summed E-state index contributed by atoms with van der Waals surface area (Å²) in [5, 5.41) is 45.0. The summed E-state index contributed by atoms with van der Waals surface area (Å²) in [6.45, 7) is 3.41. The van der Waals surface area contributed by atoms with Crippen LogP contribution in [0.25, 0.3) is 0 Å². The number of allylic oxidation sites excluding steroid dienone is 1. The molecule has 0 unspecified atom stereocenters. The smallest absolute Gasteiger partial charge is 0.255 e. The van der Waals surface area contributed by atoms with Crippen molar-refractivity contribution in [3.8, 4) is 5.75 Å². The molecule has 2 aromatic rings. The van der Waals surface area contributed by atoms with Crippen LogP contribution < -0.4 is 5.73 Å². The Kier molecular flexibility index (Phi) is 7.93. The van der Waals surface area contributed by atoms with Crippen LogP contribution in [0.2, 0.25) is 0 Å². The Bertz CT molecular complexity index is 1570. The molecule has 0 spiro atoms. The van der Waals surface area contributed by atoms with Crippen LogP contribution in [0.5, 0.6) is 5.75 Å². The largest absolute Gasteiger partial charge is 0.510 e. The minimum Gasteiger partial charge on any atom is -0.510 e. The highest BCUT2D eigenvalue weighted by molar-refractivity contribution is 6.24. The van der Waals surface area contributed by atoms with Gasteiger partial charge in [0.05, 0.1) is 11.6 Å². The van der Waals surface area contributed by atoms with E-state index in [-0.39, 0.29) is 41.6 Å². The van der Waals surface area contributed by atoms with Crippen molar-refractivity contribution in [2.45, 2.75) is 50.9 Å². The molecule has 3 aliphatic rings. The van der Waals surface area contributed by atoms with Gasteiger partial charge in [-0.25, -0.2) is 4.39 Å². The number of ketones is 2. The molecule has 6 N–H and O–H groups in total. The standard InChI is InChI=1S/C32H36FN3O7/c1-4-10-36(14-16-8-6-5-7-9-16)15-18-13-21(37)23-19(25(18)33)11-17-12-20-26(35(2)3)28(39)24(31(34)42)30(41)32(20,43)29(40)22(17)27(23)38/h5-9,13,17,20,26,37,39-40,43H,4,10-12,14-15H2,1-3H3,(H2,34,42)/t17-,20-,26-,32-/m0/s1. The van der Waals surface area contributed by atoms with E-state index in [2.05, 4.69) is 0 Å². The van der Waals surface area contributed by atoms with Gasteiger partial charge in [-0.1, -0.05) is 37.3 Å². The van der Waals surface area contributed by atoms with E-state index in [0.717, 1.165) is 12.0 Å². The number of Topliss-reactive ketones (excluding diaryl/α,β-unsaturated/α-hetero) is 2. The Morgan fingerprint density at radius 1 is 1.12 bits per heavy atom. The second-order valence-corrected chi connectivity index (χ2v) is 11.9.